The lowest BCUT2D eigenvalue weighted by Gasteiger charge is -2.62. The van der Waals surface area contributed by atoms with E-state index in [0.717, 1.165) is 42.4 Å². The van der Waals surface area contributed by atoms with Crippen molar-refractivity contribution >= 4 is 11.9 Å². The second kappa shape index (κ2) is 10.4. The van der Waals surface area contributed by atoms with E-state index in [1.807, 2.05) is 0 Å². The van der Waals surface area contributed by atoms with Crippen LogP contribution < -0.4 is 0 Å². The van der Waals surface area contributed by atoms with Gasteiger partial charge >= 0.3 is 11.9 Å². The van der Waals surface area contributed by atoms with Gasteiger partial charge in [-0.2, -0.15) is 0 Å². The molecule has 0 aromatic rings. The van der Waals surface area contributed by atoms with Gasteiger partial charge in [0, 0.05) is 13.8 Å². The van der Waals surface area contributed by atoms with Crippen LogP contribution in [-0.4, -0.2) is 24.1 Å². The van der Waals surface area contributed by atoms with Crippen LogP contribution in [-0.2, 0) is 19.1 Å². The minimum Gasteiger partial charge on any atom is -0.459 e. The molecule has 0 bridgehead atoms. The van der Waals surface area contributed by atoms with Crippen LogP contribution in [0.1, 0.15) is 119 Å². The first-order valence-electron chi connectivity index (χ1n) is 14.8. The van der Waals surface area contributed by atoms with Gasteiger partial charge < -0.3 is 9.47 Å². The molecule has 0 heterocycles. The van der Waals surface area contributed by atoms with Crippen molar-refractivity contribution in [3.05, 3.63) is 0 Å². The zero-order valence-electron chi connectivity index (χ0n) is 23.6. The van der Waals surface area contributed by atoms with Gasteiger partial charge in [-0.05, 0) is 104 Å². The van der Waals surface area contributed by atoms with Crippen molar-refractivity contribution < 1.29 is 19.1 Å². The molecule has 0 radical (unpaired) electrons. The molecule has 0 saturated heterocycles. The summed E-state index contributed by atoms with van der Waals surface area (Å²) in [5.74, 6) is 4.88. The molecule has 0 aromatic heterocycles. The fourth-order valence-corrected chi connectivity index (χ4v) is 9.93. The molecular weight excluding hydrogens is 436 g/mol. The predicted octanol–water partition coefficient (Wildman–Crippen LogP) is 7.58. The average molecular weight is 489 g/mol. The summed E-state index contributed by atoms with van der Waals surface area (Å²) in [7, 11) is 0. The molecule has 4 nitrogen and oxygen atoms in total. The lowest BCUT2D eigenvalue weighted by atomic mass is 9.44. The molecule has 4 heteroatoms. The summed E-state index contributed by atoms with van der Waals surface area (Å²) in [4.78, 5) is 23.7. The van der Waals surface area contributed by atoms with Crippen molar-refractivity contribution in [1.29, 1.82) is 0 Å². The number of rotatable bonds is 7. The summed E-state index contributed by atoms with van der Waals surface area (Å²) in [5.41, 5.74) is 0.661. The van der Waals surface area contributed by atoms with E-state index in [2.05, 4.69) is 34.6 Å². The van der Waals surface area contributed by atoms with Crippen LogP contribution in [0.5, 0.6) is 0 Å². The molecule has 0 amide bonds. The number of carbonyl (C=O) groups is 2. The van der Waals surface area contributed by atoms with Gasteiger partial charge in [0.15, 0.2) is 0 Å². The summed E-state index contributed by atoms with van der Waals surface area (Å²) in [6.07, 6.45) is 13.3. The topological polar surface area (TPSA) is 52.6 Å². The Bertz CT molecular complexity index is 776. The zero-order valence-corrected chi connectivity index (χ0v) is 23.6. The van der Waals surface area contributed by atoms with Gasteiger partial charge in [-0.3, -0.25) is 9.59 Å². The van der Waals surface area contributed by atoms with Crippen LogP contribution in [0, 0.1) is 52.3 Å². The Balaban J connectivity index is 1.50. The largest absolute Gasteiger partial charge is 0.459 e. The lowest BCUT2D eigenvalue weighted by Crippen LogP contribution is -2.57. The molecule has 35 heavy (non-hydrogen) atoms. The molecule has 4 aliphatic carbocycles. The van der Waals surface area contributed by atoms with Crippen molar-refractivity contribution in [2.75, 3.05) is 0 Å². The lowest BCUT2D eigenvalue weighted by molar-refractivity contribution is -0.195. The fourth-order valence-electron chi connectivity index (χ4n) is 9.93. The van der Waals surface area contributed by atoms with E-state index >= 15 is 0 Å². The Morgan fingerprint density at radius 1 is 0.829 bits per heavy atom. The molecule has 0 aromatic carbocycles. The first-order chi connectivity index (χ1) is 16.5. The molecular formula is C31H52O4. The van der Waals surface area contributed by atoms with Crippen LogP contribution in [0.4, 0.5) is 0 Å². The van der Waals surface area contributed by atoms with E-state index in [-0.39, 0.29) is 29.6 Å². The van der Waals surface area contributed by atoms with E-state index in [1.54, 1.807) is 0 Å². The number of fused-ring (bicyclic) bond motifs is 5. The van der Waals surface area contributed by atoms with Gasteiger partial charge in [0.1, 0.15) is 12.2 Å². The molecule has 4 aliphatic rings. The first kappa shape index (κ1) is 27.0. The third kappa shape index (κ3) is 5.19. The summed E-state index contributed by atoms with van der Waals surface area (Å²) in [5, 5.41) is 0. The molecule has 4 saturated carbocycles. The smallest absolute Gasteiger partial charge is 0.303 e. The highest BCUT2D eigenvalue weighted by molar-refractivity contribution is 5.67. The monoisotopic (exact) mass is 488 g/mol. The van der Waals surface area contributed by atoms with Crippen LogP contribution >= 0.6 is 0 Å². The van der Waals surface area contributed by atoms with Crippen molar-refractivity contribution in [1.82, 2.24) is 0 Å². The normalized spacial score (nSPS) is 43.6. The van der Waals surface area contributed by atoms with Gasteiger partial charge in [0.25, 0.3) is 0 Å². The summed E-state index contributed by atoms with van der Waals surface area (Å²) < 4.78 is 11.5. The highest BCUT2D eigenvalue weighted by Crippen LogP contribution is 2.68. The minimum atomic E-state index is -0.304. The van der Waals surface area contributed by atoms with Gasteiger partial charge in [0.2, 0.25) is 0 Å². The predicted molar refractivity (Wildman–Crippen MR) is 140 cm³/mol. The number of ether oxygens (including phenoxy) is 2. The van der Waals surface area contributed by atoms with E-state index in [9.17, 15) is 9.59 Å². The van der Waals surface area contributed by atoms with E-state index in [0.29, 0.717) is 17.3 Å². The molecule has 0 spiro atoms. The number of hydrogen-bond donors (Lipinski definition) is 0. The van der Waals surface area contributed by atoms with Crippen LogP contribution in [0.25, 0.3) is 0 Å². The van der Waals surface area contributed by atoms with Crippen LogP contribution in [0.2, 0.25) is 0 Å². The van der Waals surface area contributed by atoms with Gasteiger partial charge in [-0.1, -0.05) is 53.9 Å². The molecule has 4 fully saturated rings. The number of carbonyl (C=O) groups excluding carboxylic acids is 2. The molecule has 10 atom stereocenters. The summed E-state index contributed by atoms with van der Waals surface area (Å²) >= 11 is 0. The van der Waals surface area contributed by atoms with E-state index in [4.69, 9.17) is 9.47 Å². The second-order valence-corrected chi connectivity index (χ2v) is 13.9. The SMILES string of the molecule is CC(=O)O[C@H]1C[C@@H]2CC[C@@H]3[C@H](CC[C@]4(C)[C@@H]([C@H](C)CCCC(C)C)CC[C@@H]34)[C@@]2(C)C[C@@H]1OC(C)=O. The highest BCUT2D eigenvalue weighted by Gasteiger charge is 2.62. The third-order valence-electron chi connectivity index (χ3n) is 11.5. The Kier molecular flexibility index (Phi) is 7.99. The van der Waals surface area contributed by atoms with Crippen molar-refractivity contribution in [3.8, 4) is 0 Å². The standard InChI is InChI=1S/C31H52O4/c1-19(2)9-8-10-20(3)25-13-14-26-24-12-11-23-17-28(34-21(4)32)29(35-22(5)33)18-31(23,7)27(24)15-16-30(25,26)6/h19-20,23-29H,8-18H2,1-7H3/t20-,23+,24+,25-,26+,27+,28+,29+,30-,31+/m1/s1. The summed E-state index contributed by atoms with van der Waals surface area (Å²) in [6, 6.07) is 0. The zero-order chi connectivity index (χ0) is 25.5. The number of hydrogen-bond acceptors (Lipinski definition) is 4. The maximum absolute atomic E-state index is 11.9. The maximum Gasteiger partial charge on any atom is 0.303 e. The quantitative estimate of drug-likeness (QED) is 0.347. The Labute approximate surface area is 214 Å². The Hall–Kier alpha value is -1.06. The molecule has 0 unspecified atom stereocenters. The molecule has 0 N–H and O–H groups in total. The first-order valence-corrected chi connectivity index (χ1v) is 14.8. The van der Waals surface area contributed by atoms with Gasteiger partial charge in [-0.15, -0.1) is 0 Å². The van der Waals surface area contributed by atoms with Gasteiger partial charge in [-0.25, -0.2) is 0 Å². The minimum absolute atomic E-state index is 0.169. The van der Waals surface area contributed by atoms with E-state index in [1.165, 1.54) is 71.6 Å². The van der Waals surface area contributed by atoms with Crippen molar-refractivity contribution in [3.63, 3.8) is 0 Å². The second-order valence-electron chi connectivity index (χ2n) is 13.9. The Morgan fingerprint density at radius 3 is 2.14 bits per heavy atom. The Morgan fingerprint density at radius 2 is 1.49 bits per heavy atom. The van der Waals surface area contributed by atoms with Crippen LogP contribution in [0.15, 0.2) is 0 Å². The molecule has 0 aliphatic heterocycles. The average Bonchev–Trinajstić information content (AvgIpc) is 3.10. The fraction of sp³-hybridized carbons (Fsp3) is 0.935. The van der Waals surface area contributed by atoms with Crippen LogP contribution in [0.3, 0.4) is 0 Å². The van der Waals surface area contributed by atoms with Gasteiger partial charge in [0.05, 0.1) is 0 Å². The maximum atomic E-state index is 11.9. The van der Waals surface area contributed by atoms with Crippen molar-refractivity contribution in [2.24, 2.45) is 52.3 Å². The highest BCUT2D eigenvalue weighted by atomic mass is 16.6. The number of esters is 2. The van der Waals surface area contributed by atoms with Crippen molar-refractivity contribution in [2.45, 2.75) is 131 Å². The molecule has 4 rings (SSSR count). The third-order valence-corrected chi connectivity index (χ3v) is 11.5. The molecule has 200 valence electrons. The van der Waals surface area contributed by atoms with E-state index < -0.39 is 0 Å². The summed E-state index contributed by atoms with van der Waals surface area (Å²) in [6.45, 7) is 15.3.